The molecule has 1 aliphatic heterocycles. The number of amides is 2. The van der Waals surface area contributed by atoms with Gasteiger partial charge in [-0.15, -0.1) is 0 Å². The van der Waals surface area contributed by atoms with Gasteiger partial charge in [-0.3, -0.25) is 14.6 Å². The number of carbonyl (C=O) groups is 2. The zero-order valence-corrected chi connectivity index (χ0v) is 13.4. The fourth-order valence-electron chi connectivity index (χ4n) is 2.74. The van der Waals surface area contributed by atoms with E-state index in [-0.39, 0.29) is 0 Å². The molecule has 0 bridgehead atoms. The van der Waals surface area contributed by atoms with Gasteiger partial charge >= 0.3 is 11.8 Å². The normalized spacial score (nSPS) is 13.1. The summed E-state index contributed by atoms with van der Waals surface area (Å²) in [7, 11) is 0. The molecule has 0 radical (unpaired) electrons. The van der Waals surface area contributed by atoms with Crippen LogP contribution in [0.1, 0.15) is 11.1 Å². The van der Waals surface area contributed by atoms with Crippen molar-refractivity contribution in [1.82, 2.24) is 15.2 Å². The van der Waals surface area contributed by atoms with Gasteiger partial charge in [0.2, 0.25) is 0 Å². The van der Waals surface area contributed by atoms with E-state index in [9.17, 15) is 9.59 Å². The molecule has 0 aliphatic carbocycles. The summed E-state index contributed by atoms with van der Waals surface area (Å²) in [6.45, 7) is 1.99. The molecule has 6 heteroatoms. The average molecular weight is 324 g/mol. The van der Waals surface area contributed by atoms with Crippen LogP contribution in [0.25, 0.3) is 0 Å². The number of nitrogens with one attached hydrogen (secondary N) is 2. The second-order valence-electron chi connectivity index (χ2n) is 5.67. The van der Waals surface area contributed by atoms with Crippen LogP contribution in [0.5, 0.6) is 0 Å². The van der Waals surface area contributed by atoms with Gasteiger partial charge in [0.1, 0.15) is 0 Å². The number of pyridine rings is 1. The van der Waals surface area contributed by atoms with Gasteiger partial charge in [0.05, 0.1) is 5.69 Å². The summed E-state index contributed by atoms with van der Waals surface area (Å²) in [6, 6.07) is 11.8. The highest BCUT2D eigenvalue weighted by Gasteiger charge is 2.25. The lowest BCUT2D eigenvalue weighted by Crippen LogP contribution is -2.45. The Hall–Kier alpha value is -2.89. The third-order valence-corrected chi connectivity index (χ3v) is 4.01. The van der Waals surface area contributed by atoms with Crippen molar-refractivity contribution in [2.45, 2.75) is 13.0 Å². The van der Waals surface area contributed by atoms with Crippen LogP contribution in [0.2, 0.25) is 0 Å². The van der Waals surface area contributed by atoms with Crippen molar-refractivity contribution < 1.29 is 9.59 Å². The summed E-state index contributed by atoms with van der Waals surface area (Å²) in [5.74, 6) is -1.02. The molecule has 1 aromatic heterocycles. The Balaban J connectivity index is 1.45. The largest absolute Gasteiger partial charge is 0.382 e. The fraction of sp³-hybridized carbons (Fsp3) is 0.278. The van der Waals surface area contributed by atoms with Gasteiger partial charge in [0.25, 0.3) is 0 Å². The third kappa shape index (κ3) is 3.90. The minimum absolute atomic E-state index is 0.379. The Bertz CT molecular complexity index is 718. The van der Waals surface area contributed by atoms with Crippen molar-refractivity contribution >= 4 is 17.5 Å². The van der Waals surface area contributed by atoms with E-state index in [1.54, 1.807) is 17.3 Å². The maximum absolute atomic E-state index is 12.3. The minimum Gasteiger partial charge on any atom is -0.382 e. The van der Waals surface area contributed by atoms with Crippen molar-refractivity contribution in [2.24, 2.45) is 0 Å². The summed E-state index contributed by atoms with van der Waals surface area (Å²) in [5, 5.41) is 5.79. The SMILES string of the molecule is O=C(NCCNc1cccnc1)C(=O)N1CCc2ccccc2C1. The maximum atomic E-state index is 12.3. The van der Waals surface area contributed by atoms with Gasteiger partial charge in [-0.05, 0) is 29.7 Å². The molecule has 0 saturated heterocycles. The van der Waals surface area contributed by atoms with Crippen molar-refractivity contribution in [1.29, 1.82) is 0 Å². The first kappa shape index (κ1) is 16.0. The molecule has 2 N–H and O–H groups in total. The first-order valence-corrected chi connectivity index (χ1v) is 8.02. The Labute approximate surface area is 140 Å². The maximum Gasteiger partial charge on any atom is 0.312 e. The lowest BCUT2D eigenvalue weighted by atomic mass is 10.00. The van der Waals surface area contributed by atoms with Crippen molar-refractivity contribution in [3.05, 3.63) is 59.9 Å². The second kappa shape index (κ2) is 7.59. The Morgan fingerprint density at radius 2 is 1.92 bits per heavy atom. The van der Waals surface area contributed by atoms with Crippen LogP contribution in [-0.2, 0) is 22.6 Å². The zero-order valence-electron chi connectivity index (χ0n) is 13.4. The lowest BCUT2D eigenvalue weighted by Gasteiger charge is -2.28. The summed E-state index contributed by atoms with van der Waals surface area (Å²) in [5.41, 5.74) is 3.25. The molecule has 2 aromatic rings. The monoisotopic (exact) mass is 324 g/mol. The van der Waals surface area contributed by atoms with Crippen molar-refractivity contribution in [3.8, 4) is 0 Å². The topological polar surface area (TPSA) is 74.3 Å². The molecule has 0 saturated carbocycles. The van der Waals surface area contributed by atoms with Crippen LogP contribution in [-0.4, -0.2) is 41.3 Å². The number of benzene rings is 1. The number of carbonyl (C=O) groups excluding carboxylic acids is 2. The predicted octanol–water partition coefficient (Wildman–Crippen LogP) is 1.19. The van der Waals surface area contributed by atoms with E-state index in [4.69, 9.17) is 0 Å². The van der Waals surface area contributed by atoms with Gasteiger partial charge in [-0.2, -0.15) is 0 Å². The second-order valence-corrected chi connectivity index (χ2v) is 5.67. The number of anilines is 1. The number of nitrogens with zero attached hydrogens (tertiary/aromatic N) is 2. The number of hydrogen-bond donors (Lipinski definition) is 2. The smallest absolute Gasteiger partial charge is 0.312 e. The number of hydrogen-bond acceptors (Lipinski definition) is 4. The van der Waals surface area contributed by atoms with Crippen LogP contribution >= 0.6 is 0 Å². The molecule has 3 rings (SSSR count). The number of rotatable bonds is 4. The van der Waals surface area contributed by atoms with Crippen molar-refractivity contribution in [3.63, 3.8) is 0 Å². The standard InChI is InChI=1S/C18H20N4O2/c23-17(21-10-9-20-16-6-3-8-19-12-16)18(24)22-11-7-14-4-1-2-5-15(14)13-22/h1-6,8,12,20H,7,9-11,13H2,(H,21,23). The van der Waals surface area contributed by atoms with E-state index in [2.05, 4.69) is 21.7 Å². The van der Waals surface area contributed by atoms with Gasteiger partial charge < -0.3 is 15.5 Å². The van der Waals surface area contributed by atoms with E-state index >= 15 is 0 Å². The van der Waals surface area contributed by atoms with E-state index in [1.165, 1.54) is 5.56 Å². The highest BCUT2D eigenvalue weighted by atomic mass is 16.2. The molecule has 2 amide bonds. The lowest BCUT2D eigenvalue weighted by molar-refractivity contribution is -0.146. The molecule has 1 aromatic carbocycles. The molecule has 1 aliphatic rings. The predicted molar refractivity (Wildman–Crippen MR) is 91.3 cm³/mol. The molecule has 0 atom stereocenters. The molecular weight excluding hydrogens is 304 g/mol. The first-order chi connectivity index (χ1) is 11.7. The quantitative estimate of drug-likeness (QED) is 0.654. The highest BCUT2D eigenvalue weighted by Crippen LogP contribution is 2.18. The van der Waals surface area contributed by atoms with Crippen LogP contribution in [0.3, 0.4) is 0 Å². The Kier molecular flexibility index (Phi) is 5.05. The molecule has 124 valence electrons. The highest BCUT2D eigenvalue weighted by molar-refractivity contribution is 6.35. The first-order valence-electron chi connectivity index (χ1n) is 8.02. The van der Waals surface area contributed by atoms with Crippen LogP contribution in [0, 0.1) is 0 Å². The summed E-state index contributed by atoms with van der Waals surface area (Å²) in [6.07, 6.45) is 4.19. The van der Waals surface area contributed by atoms with Gasteiger partial charge in [0, 0.05) is 38.6 Å². The van der Waals surface area contributed by atoms with Crippen LogP contribution < -0.4 is 10.6 Å². The summed E-state index contributed by atoms with van der Waals surface area (Å²) < 4.78 is 0. The van der Waals surface area contributed by atoms with Gasteiger partial charge in [-0.1, -0.05) is 24.3 Å². The zero-order chi connectivity index (χ0) is 16.8. The molecule has 24 heavy (non-hydrogen) atoms. The fourth-order valence-corrected chi connectivity index (χ4v) is 2.74. The summed E-state index contributed by atoms with van der Waals surface area (Å²) >= 11 is 0. The minimum atomic E-state index is -0.553. The Morgan fingerprint density at radius 3 is 2.71 bits per heavy atom. The third-order valence-electron chi connectivity index (χ3n) is 4.01. The van der Waals surface area contributed by atoms with Crippen molar-refractivity contribution in [2.75, 3.05) is 25.0 Å². The molecule has 0 spiro atoms. The van der Waals surface area contributed by atoms with E-state index in [0.717, 1.165) is 17.7 Å². The molecule has 2 heterocycles. The van der Waals surface area contributed by atoms with E-state index < -0.39 is 11.8 Å². The van der Waals surface area contributed by atoms with Gasteiger partial charge in [-0.25, -0.2) is 0 Å². The van der Waals surface area contributed by atoms with Crippen LogP contribution in [0.4, 0.5) is 5.69 Å². The Morgan fingerprint density at radius 1 is 1.08 bits per heavy atom. The number of aromatic nitrogens is 1. The van der Waals surface area contributed by atoms with E-state index in [0.29, 0.717) is 26.2 Å². The molecule has 6 nitrogen and oxygen atoms in total. The number of fused-ring (bicyclic) bond motifs is 1. The molecule has 0 unspecified atom stereocenters. The molecule has 0 fully saturated rings. The van der Waals surface area contributed by atoms with Gasteiger partial charge in [0.15, 0.2) is 0 Å². The van der Waals surface area contributed by atoms with Crippen LogP contribution in [0.15, 0.2) is 48.8 Å². The summed E-state index contributed by atoms with van der Waals surface area (Å²) in [4.78, 5) is 29.9. The van der Waals surface area contributed by atoms with E-state index in [1.807, 2.05) is 30.3 Å². The molecular formula is C18H20N4O2. The average Bonchev–Trinajstić information content (AvgIpc) is 2.65.